The van der Waals surface area contributed by atoms with Crippen LogP contribution in [0.4, 0.5) is 16.2 Å². The summed E-state index contributed by atoms with van der Waals surface area (Å²) >= 11 is 0. The van der Waals surface area contributed by atoms with Crippen molar-refractivity contribution in [3.05, 3.63) is 23.3 Å². The second-order valence-electron chi connectivity index (χ2n) is 8.33. The van der Waals surface area contributed by atoms with Crippen LogP contribution in [-0.4, -0.2) is 68.1 Å². The number of anilines is 2. The third kappa shape index (κ3) is 4.99. The van der Waals surface area contributed by atoms with Crippen LogP contribution in [0, 0.1) is 0 Å². The van der Waals surface area contributed by atoms with Gasteiger partial charge < -0.3 is 20.1 Å². The predicted molar refractivity (Wildman–Crippen MR) is 115 cm³/mol. The van der Waals surface area contributed by atoms with Gasteiger partial charge in [0.25, 0.3) is 0 Å². The number of piperazine rings is 1. The number of carbonyl (C=O) groups is 2. The molecule has 1 heterocycles. The Morgan fingerprint density at radius 1 is 1.21 bits per heavy atom. The molecule has 1 amide bonds. The Labute approximate surface area is 172 Å². The summed E-state index contributed by atoms with van der Waals surface area (Å²) in [6, 6.07) is 3.38. The van der Waals surface area contributed by atoms with Crippen molar-refractivity contribution >= 4 is 29.7 Å². The maximum absolute atomic E-state index is 12.6. The standard InChI is InChI=1S/C21H32N4O4/c1-13-11-24(12-14(2)25(13)20(27)29-21(3,4)5)17-9-8-15(19(26)28-7)18(22)16(17)10-23-6/h8-10,13-14H,11-12,22H2,1-7H3/t13-,14-/m0/s1. The van der Waals surface area contributed by atoms with E-state index in [9.17, 15) is 9.59 Å². The zero-order chi connectivity index (χ0) is 21.9. The number of nitrogens with two attached hydrogens (primary N) is 1. The molecule has 0 unspecified atom stereocenters. The molecule has 2 N–H and O–H groups in total. The first kappa shape index (κ1) is 22.5. The molecule has 1 aliphatic rings. The van der Waals surface area contributed by atoms with Crippen LogP contribution in [0.1, 0.15) is 50.5 Å². The lowest BCUT2D eigenvalue weighted by Gasteiger charge is -2.45. The zero-order valence-electron chi connectivity index (χ0n) is 18.4. The molecule has 1 aromatic rings. The number of nitrogen functional groups attached to an aromatic ring is 1. The van der Waals surface area contributed by atoms with E-state index >= 15 is 0 Å². The van der Waals surface area contributed by atoms with Crippen LogP contribution in [0.25, 0.3) is 0 Å². The lowest BCUT2D eigenvalue weighted by molar-refractivity contribution is 0.00564. The highest BCUT2D eigenvalue weighted by Crippen LogP contribution is 2.31. The van der Waals surface area contributed by atoms with Gasteiger partial charge in [-0.2, -0.15) is 0 Å². The smallest absolute Gasteiger partial charge is 0.410 e. The number of aliphatic imine (C=N–C) groups is 1. The van der Waals surface area contributed by atoms with Gasteiger partial charge in [0.2, 0.25) is 0 Å². The third-order valence-corrected chi connectivity index (χ3v) is 4.79. The molecule has 0 aliphatic carbocycles. The molecule has 8 heteroatoms. The molecular formula is C21H32N4O4. The number of methoxy groups -OCH3 is 1. The van der Waals surface area contributed by atoms with Crippen molar-refractivity contribution in [2.24, 2.45) is 4.99 Å². The van der Waals surface area contributed by atoms with Gasteiger partial charge >= 0.3 is 12.1 Å². The fraction of sp³-hybridized carbons (Fsp3) is 0.571. The molecule has 1 aliphatic heterocycles. The van der Waals surface area contributed by atoms with Gasteiger partial charge in [-0.15, -0.1) is 0 Å². The van der Waals surface area contributed by atoms with Gasteiger partial charge in [-0.25, -0.2) is 9.59 Å². The van der Waals surface area contributed by atoms with E-state index in [4.69, 9.17) is 15.2 Å². The Morgan fingerprint density at radius 3 is 2.28 bits per heavy atom. The SMILES string of the molecule is CN=Cc1c(N2C[C@H](C)N(C(=O)OC(C)(C)C)[C@@H](C)C2)ccc(C(=O)OC)c1N. The molecule has 1 fully saturated rings. The number of ether oxygens (including phenoxy) is 2. The van der Waals surface area contributed by atoms with E-state index in [2.05, 4.69) is 9.89 Å². The molecule has 2 atom stereocenters. The first-order valence-electron chi connectivity index (χ1n) is 9.69. The van der Waals surface area contributed by atoms with Gasteiger partial charge in [-0.05, 0) is 46.8 Å². The second-order valence-corrected chi connectivity index (χ2v) is 8.33. The molecule has 0 aromatic heterocycles. The van der Waals surface area contributed by atoms with Crippen molar-refractivity contribution in [2.45, 2.75) is 52.3 Å². The molecular weight excluding hydrogens is 372 g/mol. The van der Waals surface area contributed by atoms with Crippen LogP contribution in [-0.2, 0) is 9.47 Å². The van der Waals surface area contributed by atoms with Crippen molar-refractivity contribution in [3.8, 4) is 0 Å². The summed E-state index contributed by atoms with van der Waals surface area (Å²) in [7, 11) is 2.97. The van der Waals surface area contributed by atoms with Gasteiger partial charge in [-0.1, -0.05) is 0 Å². The average Bonchev–Trinajstić information content (AvgIpc) is 2.60. The molecule has 160 valence electrons. The molecule has 0 radical (unpaired) electrons. The molecule has 0 bridgehead atoms. The van der Waals surface area contributed by atoms with Gasteiger partial charge in [-0.3, -0.25) is 9.89 Å². The van der Waals surface area contributed by atoms with Crippen LogP contribution in [0.5, 0.6) is 0 Å². The normalized spacial score (nSPS) is 20.1. The summed E-state index contributed by atoms with van der Waals surface area (Å²) in [6.45, 7) is 10.8. The minimum absolute atomic E-state index is 0.0680. The Balaban J connectivity index is 2.34. The Morgan fingerprint density at radius 2 is 1.79 bits per heavy atom. The minimum Gasteiger partial charge on any atom is -0.465 e. The van der Waals surface area contributed by atoms with Gasteiger partial charge in [0.1, 0.15) is 5.60 Å². The lowest BCUT2D eigenvalue weighted by Crippen LogP contribution is -2.59. The third-order valence-electron chi connectivity index (χ3n) is 4.79. The zero-order valence-corrected chi connectivity index (χ0v) is 18.4. The van der Waals surface area contributed by atoms with E-state index in [1.165, 1.54) is 7.11 Å². The van der Waals surface area contributed by atoms with Crippen molar-refractivity contribution in [1.29, 1.82) is 0 Å². The molecule has 8 nitrogen and oxygen atoms in total. The molecule has 1 aromatic carbocycles. The number of nitrogens with zero attached hydrogens (tertiary/aromatic N) is 3. The maximum atomic E-state index is 12.6. The summed E-state index contributed by atoms with van der Waals surface area (Å²) < 4.78 is 10.4. The van der Waals surface area contributed by atoms with Crippen molar-refractivity contribution < 1.29 is 19.1 Å². The fourth-order valence-corrected chi connectivity index (χ4v) is 3.65. The fourth-order valence-electron chi connectivity index (χ4n) is 3.65. The van der Waals surface area contributed by atoms with Crippen molar-refractivity contribution in [2.75, 3.05) is 37.9 Å². The maximum Gasteiger partial charge on any atom is 0.410 e. The monoisotopic (exact) mass is 404 g/mol. The van der Waals surface area contributed by atoms with E-state index in [-0.39, 0.29) is 18.2 Å². The van der Waals surface area contributed by atoms with E-state index in [0.717, 1.165) is 5.69 Å². The van der Waals surface area contributed by atoms with Gasteiger partial charge in [0.15, 0.2) is 0 Å². The highest BCUT2D eigenvalue weighted by atomic mass is 16.6. The number of carbonyl (C=O) groups excluding carboxylic acids is 2. The quantitative estimate of drug-likeness (QED) is 0.473. The number of benzene rings is 1. The summed E-state index contributed by atoms with van der Waals surface area (Å²) in [4.78, 5) is 32.7. The highest BCUT2D eigenvalue weighted by Gasteiger charge is 2.36. The molecule has 0 saturated carbocycles. The summed E-state index contributed by atoms with van der Waals surface area (Å²) in [6.07, 6.45) is 1.33. The second kappa shape index (κ2) is 8.71. The van der Waals surface area contributed by atoms with Crippen LogP contribution in [0.3, 0.4) is 0 Å². The summed E-state index contributed by atoms with van der Waals surface area (Å²) in [5.74, 6) is -0.490. The van der Waals surface area contributed by atoms with E-state index < -0.39 is 11.6 Å². The van der Waals surface area contributed by atoms with Crippen LogP contribution < -0.4 is 10.6 Å². The first-order chi connectivity index (χ1) is 13.5. The Kier molecular flexibility index (Phi) is 6.77. The minimum atomic E-state index is -0.545. The highest BCUT2D eigenvalue weighted by molar-refractivity contribution is 6.04. The van der Waals surface area contributed by atoms with E-state index in [1.54, 1.807) is 24.2 Å². The molecule has 0 spiro atoms. The Bertz CT molecular complexity index is 789. The lowest BCUT2D eigenvalue weighted by atomic mass is 10.0. The number of rotatable bonds is 3. The number of hydrogen-bond acceptors (Lipinski definition) is 7. The molecule has 29 heavy (non-hydrogen) atoms. The van der Waals surface area contributed by atoms with E-state index in [0.29, 0.717) is 29.9 Å². The number of esters is 1. The molecule has 2 rings (SSSR count). The van der Waals surface area contributed by atoms with Crippen LogP contribution >= 0.6 is 0 Å². The van der Waals surface area contributed by atoms with Gasteiger partial charge in [0.05, 0.1) is 30.4 Å². The van der Waals surface area contributed by atoms with Crippen LogP contribution in [0.15, 0.2) is 17.1 Å². The number of hydrogen-bond donors (Lipinski definition) is 1. The topological polar surface area (TPSA) is 97.5 Å². The summed E-state index contributed by atoms with van der Waals surface area (Å²) in [5, 5.41) is 0. The molecule has 1 saturated heterocycles. The first-order valence-corrected chi connectivity index (χ1v) is 9.69. The Hall–Kier alpha value is -2.77. The van der Waals surface area contributed by atoms with Crippen molar-refractivity contribution in [3.63, 3.8) is 0 Å². The average molecular weight is 405 g/mol. The predicted octanol–water partition coefficient (Wildman–Crippen LogP) is 2.94. The van der Waals surface area contributed by atoms with Gasteiger partial charge in [0, 0.05) is 37.6 Å². The largest absolute Gasteiger partial charge is 0.465 e. The summed E-state index contributed by atoms with van der Waals surface area (Å²) in [5.41, 5.74) is 7.88. The van der Waals surface area contributed by atoms with E-state index in [1.807, 2.05) is 40.7 Å². The van der Waals surface area contributed by atoms with Crippen LogP contribution in [0.2, 0.25) is 0 Å². The number of amides is 1. The van der Waals surface area contributed by atoms with Crippen molar-refractivity contribution in [1.82, 2.24) is 4.90 Å².